The molecule has 3 heterocycles. The van der Waals surface area contributed by atoms with Crippen LogP contribution in [0.4, 0.5) is 5.82 Å². The fourth-order valence-corrected chi connectivity index (χ4v) is 3.46. The van der Waals surface area contributed by atoms with E-state index in [9.17, 15) is 4.79 Å². The Morgan fingerprint density at radius 3 is 2.86 bits per heavy atom. The minimum atomic E-state index is 0.0248. The van der Waals surface area contributed by atoms with Gasteiger partial charge >= 0.3 is 0 Å². The third kappa shape index (κ3) is 4.14. The highest BCUT2D eigenvalue weighted by Crippen LogP contribution is 2.16. The maximum atomic E-state index is 12.3. The van der Waals surface area contributed by atoms with E-state index in [-0.39, 0.29) is 5.91 Å². The number of carbonyl (C=O) groups excluding carboxylic acids is 1. The average molecular weight is 379 g/mol. The lowest BCUT2D eigenvalue weighted by Gasteiger charge is -2.28. The summed E-state index contributed by atoms with van der Waals surface area (Å²) in [5, 5.41) is 2.98. The fraction of sp³-hybridized carbons (Fsp3) is 0.381. The highest BCUT2D eigenvalue weighted by molar-refractivity contribution is 5.77. The van der Waals surface area contributed by atoms with Gasteiger partial charge in [-0.3, -0.25) is 4.79 Å². The summed E-state index contributed by atoms with van der Waals surface area (Å²) in [6.07, 6.45) is 2.95. The molecule has 0 atom stereocenters. The van der Waals surface area contributed by atoms with Crippen molar-refractivity contribution < 1.29 is 9.53 Å². The van der Waals surface area contributed by atoms with Gasteiger partial charge in [0.15, 0.2) is 0 Å². The molecule has 2 aromatic heterocycles. The first-order chi connectivity index (χ1) is 13.7. The van der Waals surface area contributed by atoms with E-state index < -0.39 is 0 Å². The summed E-state index contributed by atoms with van der Waals surface area (Å²) >= 11 is 0. The molecular weight excluding hydrogens is 354 g/mol. The van der Waals surface area contributed by atoms with Crippen LogP contribution in [-0.4, -0.2) is 46.7 Å². The Bertz CT molecular complexity index is 962. The van der Waals surface area contributed by atoms with Crippen molar-refractivity contribution in [3.05, 3.63) is 54.0 Å². The smallest absolute Gasteiger partial charge is 0.220 e. The largest absolute Gasteiger partial charge is 0.378 e. The van der Waals surface area contributed by atoms with Crippen LogP contribution >= 0.6 is 0 Å². The number of nitrogens with zero attached hydrogens (tertiary/aromatic N) is 4. The van der Waals surface area contributed by atoms with Gasteiger partial charge in [0.2, 0.25) is 5.91 Å². The molecule has 1 aliphatic heterocycles. The fourth-order valence-electron chi connectivity index (χ4n) is 3.46. The van der Waals surface area contributed by atoms with Gasteiger partial charge in [0, 0.05) is 32.8 Å². The first kappa shape index (κ1) is 18.4. The number of morpholine rings is 1. The van der Waals surface area contributed by atoms with Crippen LogP contribution in [0, 0.1) is 0 Å². The molecule has 146 valence electrons. The lowest BCUT2D eigenvalue weighted by Crippen LogP contribution is -2.36. The van der Waals surface area contributed by atoms with Gasteiger partial charge in [-0.15, -0.1) is 0 Å². The molecule has 1 fully saturated rings. The van der Waals surface area contributed by atoms with E-state index in [4.69, 9.17) is 4.74 Å². The van der Waals surface area contributed by atoms with Crippen LogP contribution in [0.3, 0.4) is 0 Å². The molecule has 0 aliphatic carbocycles. The van der Waals surface area contributed by atoms with Crippen LogP contribution in [0.1, 0.15) is 17.8 Å². The first-order valence-corrected chi connectivity index (χ1v) is 9.65. The molecule has 0 saturated carbocycles. The Hall–Kier alpha value is -2.93. The molecular formula is C21H25N5O2. The van der Waals surface area contributed by atoms with Crippen molar-refractivity contribution >= 4 is 22.8 Å². The maximum absolute atomic E-state index is 12.3. The number of imidazole rings is 1. The van der Waals surface area contributed by atoms with Gasteiger partial charge in [0.1, 0.15) is 11.6 Å². The van der Waals surface area contributed by atoms with Crippen molar-refractivity contribution in [3.63, 3.8) is 0 Å². The number of hydrogen-bond acceptors (Lipinski definition) is 5. The van der Waals surface area contributed by atoms with Crippen LogP contribution in [0.15, 0.2) is 42.6 Å². The zero-order chi connectivity index (χ0) is 19.3. The van der Waals surface area contributed by atoms with Gasteiger partial charge in [0.05, 0.1) is 30.8 Å². The summed E-state index contributed by atoms with van der Waals surface area (Å²) in [6, 6.07) is 12.0. The van der Waals surface area contributed by atoms with E-state index in [2.05, 4.69) is 26.3 Å². The normalized spacial score (nSPS) is 14.4. The third-order valence-corrected chi connectivity index (χ3v) is 5.11. The number of amides is 1. The minimum absolute atomic E-state index is 0.0248. The molecule has 0 unspecified atom stereocenters. The number of ether oxygens (including phenoxy) is 1. The van der Waals surface area contributed by atoms with Gasteiger partial charge in [0.25, 0.3) is 0 Å². The van der Waals surface area contributed by atoms with Crippen molar-refractivity contribution in [2.24, 2.45) is 7.05 Å². The molecule has 1 aromatic carbocycles. The van der Waals surface area contributed by atoms with Gasteiger partial charge < -0.3 is 19.5 Å². The molecule has 0 bridgehead atoms. The maximum Gasteiger partial charge on any atom is 0.220 e. The van der Waals surface area contributed by atoms with E-state index in [1.807, 2.05) is 48.1 Å². The second-order valence-corrected chi connectivity index (χ2v) is 6.97. The topological polar surface area (TPSA) is 72.3 Å². The number of aromatic nitrogens is 3. The van der Waals surface area contributed by atoms with Crippen LogP contribution < -0.4 is 10.2 Å². The van der Waals surface area contributed by atoms with Crippen LogP contribution in [0.5, 0.6) is 0 Å². The lowest BCUT2D eigenvalue weighted by atomic mass is 10.1. The molecule has 1 aliphatic rings. The Labute approximate surface area is 164 Å². The number of nitrogens with one attached hydrogen (secondary N) is 1. The lowest BCUT2D eigenvalue weighted by molar-refractivity contribution is -0.121. The monoisotopic (exact) mass is 379 g/mol. The van der Waals surface area contributed by atoms with Gasteiger partial charge in [-0.05, 0) is 36.2 Å². The van der Waals surface area contributed by atoms with E-state index >= 15 is 0 Å². The molecule has 0 radical (unpaired) electrons. The molecule has 7 heteroatoms. The highest BCUT2D eigenvalue weighted by Gasteiger charge is 2.13. The molecule has 1 saturated heterocycles. The van der Waals surface area contributed by atoms with Crippen LogP contribution in [0.25, 0.3) is 11.0 Å². The standard InChI is InChI=1S/C21H25N5O2/c1-25-18-5-3-2-4-17(18)24-20(25)15-23-21(27)7-6-16-8-9-22-19(14-16)26-10-12-28-13-11-26/h2-5,8-9,14H,6-7,10-13,15H2,1H3,(H,23,27). The Morgan fingerprint density at radius 1 is 1.21 bits per heavy atom. The van der Waals surface area contributed by atoms with Gasteiger partial charge in [-0.2, -0.15) is 0 Å². The Morgan fingerprint density at radius 2 is 2.04 bits per heavy atom. The summed E-state index contributed by atoms with van der Waals surface area (Å²) in [5.41, 5.74) is 3.13. The number of anilines is 1. The Kier molecular flexibility index (Phi) is 5.53. The highest BCUT2D eigenvalue weighted by atomic mass is 16.5. The average Bonchev–Trinajstić information content (AvgIpc) is 3.07. The molecule has 1 amide bonds. The van der Waals surface area contributed by atoms with Crippen molar-refractivity contribution in [2.45, 2.75) is 19.4 Å². The summed E-state index contributed by atoms with van der Waals surface area (Å²) in [6.45, 7) is 3.61. The van der Waals surface area contributed by atoms with Crippen molar-refractivity contribution in [3.8, 4) is 0 Å². The summed E-state index contributed by atoms with van der Waals surface area (Å²) < 4.78 is 7.41. The van der Waals surface area contributed by atoms with E-state index in [0.29, 0.717) is 19.4 Å². The number of pyridine rings is 1. The van der Waals surface area contributed by atoms with Gasteiger partial charge in [-0.25, -0.2) is 9.97 Å². The molecule has 0 spiro atoms. The van der Waals surface area contributed by atoms with Crippen molar-refractivity contribution in [2.75, 3.05) is 31.2 Å². The van der Waals surface area contributed by atoms with Crippen LogP contribution in [0.2, 0.25) is 0 Å². The van der Waals surface area contributed by atoms with E-state index in [0.717, 1.165) is 54.5 Å². The summed E-state index contributed by atoms with van der Waals surface area (Å²) in [7, 11) is 1.97. The van der Waals surface area contributed by atoms with Crippen LogP contribution in [-0.2, 0) is 29.5 Å². The van der Waals surface area contributed by atoms with Gasteiger partial charge in [-0.1, -0.05) is 12.1 Å². The molecule has 7 nitrogen and oxygen atoms in total. The second-order valence-electron chi connectivity index (χ2n) is 6.97. The number of benzene rings is 1. The SMILES string of the molecule is Cn1c(CNC(=O)CCc2ccnc(N3CCOCC3)c2)nc2ccccc21. The van der Waals surface area contributed by atoms with Crippen molar-refractivity contribution in [1.82, 2.24) is 19.9 Å². The first-order valence-electron chi connectivity index (χ1n) is 9.65. The predicted molar refractivity (Wildman–Crippen MR) is 108 cm³/mol. The molecule has 3 aromatic rings. The molecule has 28 heavy (non-hydrogen) atoms. The number of rotatable bonds is 6. The number of fused-ring (bicyclic) bond motifs is 1. The van der Waals surface area contributed by atoms with Crippen molar-refractivity contribution in [1.29, 1.82) is 0 Å². The third-order valence-electron chi connectivity index (χ3n) is 5.11. The zero-order valence-electron chi connectivity index (χ0n) is 16.1. The molecule has 1 N–H and O–H groups in total. The number of aryl methyl sites for hydroxylation is 2. The number of carbonyl (C=O) groups is 1. The predicted octanol–water partition coefficient (Wildman–Crippen LogP) is 2.05. The zero-order valence-corrected chi connectivity index (χ0v) is 16.1. The number of hydrogen-bond donors (Lipinski definition) is 1. The Balaban J connectivity index is 1.31. The summed E-state index contributed by atoms with van der Waals surface area (Å²) in [5.74, 6) is 1.84. The number of para-hydroxylation sites is 2. The minimum Gasteiger partial charge on any atom is -0.378 e. The van der Waals surface area contributed by atoms with E-state index in [1.165, 1.54) is 0 Å². The quantitative estimate of drug-likeness (QED) is 0.710. The molecule has 4 rings (SSSR count). The van der Waals surface area contributed by atoms with E-state index in [1.54, 1.807) is 0 Å². The summed E-state index contributed by atoms with van der Waals surface area (Å²) in [4.78, 5) is 23.6. The second kappa shape index (κ2) is 8.39.